The van der Waals surface area contributed by atoms with Gasteiger partial charge in [0.15, 0.2) is 0 Å². The van der Waals surface area contributed by atoms with E-state index in [1.54, 1.807) is 24.3 Å². The van der Waals surface area contributed by atoms with Crippen LogP contribution in [0.3, 0.4) is 0 Å². The zero-order valence-corrected chi connectivity index (χ0v) is 9.05. The molecule has 0 heterocycles. The van der Waals surface area contributed by atoms with Crippen molar-refractivity contribution in [2.75, 3.05) is 6.54 Å². The number of nitrogens with two attached hydrogens (primary N) is 1. The molecule has 0 fully saturated rings. The van der Waals surface area contributed by atoms with E-state index < -0.39 is 5.91 Å². The normalized spacial score (nSPS) is 9.93. The molecule has 0 bridgehead atoms. The van der Waals surface area contributed by atoms with Crippen molar-refractivity contribution in [3.8, 4) is 0 Å². The van der Waals surface area contributed by atoms with E-state index in [-0.39, 0.29) is 0 Å². The van der Waals surface area contributed by atoms with E-state index in [1.807, 2.05) is 0 Å². The summed E-state index contributed by atoms with van der Waals surface area (Å²) in [5.74, 6) is -0.470. The maximum Gasteiger partial charge on any atom is 0.248 e. The lowest BCUT2D eigenvalue weighted by atomic mass is 10.1. The van der Waals surface area contributed by atoms with Gasteiger partial charge in [0.05, 0.1) is 0 Å². The molecule has 4 heteroatoms. The minimum absolute atomic E-state index is 0.424. The first-order chi connectivity index (χ1) is 7.15. The lowest BCUT2D eigenvalue weighted by Crippen LogP contribution is -2.14. The number of halogens is 1. The van der Waals surface area contributed by atoms with E-state index in [1.165, 1.54) is 0 Å². The van der Waals surface area contributed by atoms with Gasteiger partial charge in [0.1, 0.15) is 0 Å². The molecule has 3 nitrogen and oxygen atoms in total. The molecule has 0 unspecified atom stereocenters. The quantitative estimate of drug-likeness (QED) is 0.591. The summed E-state index contributed by atoms with van der Waals surface area (Å²) in [5, 5.41) is 3.67. The van der Waals surface area contributed by atoms with Gasteiger partial charge < -0.3 is 11.1 Å². The van der Waals surface area contributed by atoms with E-state index in [0.29, 0.717) is 23.7 Å². The highest BCUT2D eigenvalue weighted by atomic mass is 35.5. The van der Waals surface area contributed by atoms with Gasteiger partial charge in [0, 0.05) is 23.7 Å². The number of carbonyl (C=O) groups is 1. The molecular weight excluding hydrogens is 212 g/mol. The molecule has 0 atom stereocenters. The van der Waals surface area contributed by atoms with Crippen molar-refractivity contribution in [2.24, 2.45) is 5.73 Å². The van der Waals surface area contributed by atoms with Crippen molar-refractivity contribution in [1.29, 1.82) is 0 Å². The van der Waals surface area contributed by atoms with Gasteiger partial charge in [-0.1, -0.05) is 23.7 Å². The van der Waals surface area contributed by atoms with Crippen molar-refractivity contribution < 1.29 is 4.79 Å². The van der Waals surface area contributed by atoms with Gasteiger partial charge in [-0.3, -0.25) is 4.79 Å². The average Bonchev–Trinajstić information content (AvgIpc) is 2.20. The van der Waals surface area contributed by atoms with Crippen LogP contribution in [0.25, 0.3) is 0 Å². The van der Waals surface area contributed by atoms with Gasteiger partial charge >= 0.3 is 0 Å². The maximum atomic E-state index is 10.9. The second kappa shape index (κ2) is 5.53. The minimum Gasteiger partial charge on any atom is -0.366 e. The Balaban J connectivity index is 2.74. The molecule has 80 valence electrons. The monoisotopic (exact) mass is 224 g/mol. The van der Waals surface area contributed by atoms with Crippen LogP contribution in [-0.4, -0.2) is 12.5 Å². The Bertz CT molecular complexity index is 377. The second-order valence-corrected chi connectivity index (χ2v) is 3.50. The molecule has 0 spiro atoms. The third-order valence-corrected chi connectivity index (χ3v) is 2.29. The van der Waals surface area contributed by atoms with Crippen LogP contribution in [0.4, 0.5) is 0 Å². The largest absolute Gasteiger partial charge is 0.366 e. The van der Waals surface area contributed by atoms with Gasteiger partial charge in [-0.05, 0) is 17.7 Å². The Labute approximate surface area is 93.9 Å². The molecule has 0 aromatic heterocycles. The highest BCUT2D eigenvalue weighted by Gasteiger charge is 2.04. The second-order valence-electron chi connectivity index (χ2n) is 3.09. The third-order valence-electron chi connectivity index (χ3n) is 1.94. The van der Waals surface area contributed by atoms with Gasteiger partial charge in [-0.15, -0.1) is 6.58 Å². The molecule has 1 rings (SSSR count). The zero-order valence-electron chi connectivity index (χ0n) is 8.29. The van der Waals surface area contributed by atoms with Gasteiger partial charge in [-0.2, -0.15) is 0 Å². The molecular formula is C11H13ClN2O. The first-order valence-corrected chi connectivity index (χ1v) is 4.92. The van der Waals surface area contributed by atoms with E-state index in [2.05, 4.69) is 11.9 Å². The van der Waals surface area contributed by atoms with Crippen LogP contribution in [0.5, 0.6) is 0 Å². The van der Waals surface area contributed by atoms with Crippen molar-refractivity contribution in [2.45, 2.75) is 6.54 Å². The van der Waals surface area contributed by atoms with Crippen LogP contribution < -0.4 is 11.1 Å². The van der Waals surface area contributed by atoms with Crippen molar-refractivity contribution >= 4 is 17.5 Å². The summed E-state index contributed by atoms with van der Waals surface area (Å²) in [5.41, 5.74) is 6.49. The fourth-order valence-corrected chi connectivity index (χ4v) is 1.40. The van der Waals surface area contributed by atoms with Crippen LogP contribution in [0, 0.1) is 0 Å². The Morgan fingerprint density at radius 1 is 1.60 bits per heavy atom. The number of benzene rings is 1. The molecule has 1 amide bonds. The SMILES string of the molecule is C=CCNCc1ccc(C(N)=O)cc1Cl. The molecule has 0 aliphatic carbocycles. The Hall–Kier alpha value is -1.32. The maximum absolute atomic E-state index is 10.9. The van der Waals surface area contributed by atoms with E-state index in [4.69, 9.17) is 17.3 Å². The number of amides is 1. The topological polar surface area (TPSA) is 55.1 Å². The summed E-state index contributed by atoms with van der Waals surface area (Å²) in [4.78, 5) is 10.9. The number of primary amides is 1. The molecule has 15 heavy (non-hydrogen) atoms. The van der Waals surface area contributed by atoms with Crippen molar-refractivity contribution in [3.63, 3.8) is 0 Å². The highest BCUT2D eigenvalue weighted by Crippen LogP contribution is 2.17. The summed E-state index contributed by atoms with van der Waals surface area (Å²) in [7, 11) is 0. The van der Waals surface area contributed by atoms with Gasteiger partial charge in [-0.25, -0.2) is 0 Å². The van der Waals surface area contributed by atoms with Crippen LogP contribution in [-0.2, 0) is 6.54 Å². The lowest BCUT2D eigenvalue weighted by Gasteiger charge is -2.05. The van der Waals surface area contributed by atoms with E-state index in [9.17, 15) is 4.79 Å². The van der Waals surface area contributed by atoms with Gasteiger partial charge in [0.2, 0.25) is 5.91 Å². The molecule has 0 radical (unpaired) electrons. The van der Waals surface area contributed by atoms with Crippen LogP contribution in [0.1, 0.15) is 15.9 Å². The molecule has 0 aliphatic rings. The summed E-state index contributed by atoms with van der Waals surface area (Å²) in [6.45, 7) is 4.95. The summed E-state index contributed by atoms with van der Waals surface area (Å²) in [6, 6.07) is 5.03. The molecule has 1 aromatic rings. The van der Waals surface area contributed by atoms with Crippen LogP contribution in [0.2, 0.25) is 5.02 Å². The number of hydrogen-bond acceptors (Lipinski definition) is 2. The molecule has 0 aliphatic heterocycles. The van der Waals surface area contributed by atoms with Crippen molar-refractivity contribution in [3.05, 3.63) is 47.0 Å². The average molecular weight is 225 g/mol. The summed E-state index contributed by atoms with van der Waals surface area (Å²) < 4.78 is 0. The lowest BCUT2D eigenvalue weighted by molar-refractivity contribution is 0.100. The van der Waals surface area contributed by atoms with E-state index >= 15 is 0 Å². The first kappa shape index (κ1) is 11.8. The smallest absolute Gasteiger partial charge is 0.248 e. The number of rotatable bonds is 5. The van der Waals surface area contributed by atoms with Crippen LogP contribution in [0.15, 0.2) is 30.9 Å². The van der Waals surface area contributed by atoms with Crippen molar-refractivity contribution in [1.82, 2.24) is 5.32 Å². The zero-order chi connectivity index (χ0) is 11.3. The molecule has 0 saturated heterocycles. The number of carbonyl (C=O) groups excluding carboxylic acids is 1. The molecule has 3 N–H and O–H groups in total. The fraction of sp³-hybridized carbons (Fsp3) is 0.182. The summed E-state index contributed by atoms with van der Waals surface area (Å²) in [6.07, 6.45) is 1.77. The molecule has 0 saturated carbocycles. The Morgan fingerprint density at radius 2 is 2.33 bits per heavy atom. The fourth-order valence-electron chi connectivity index (χ4n) is 1.15. The summed E-state index contributed by atoms with van der Waals surface area (Å²) >= 11 is 5.98. The first-order valence-electron chi connectivity index (χ1n) is 4.55. The number of nitrogens with one attached hydrogen (secondary N) is 1. The minimum atomic E-state index is -0.470. The Morgan fingerprint density at radius 3 is 2.87 bits per heavy atom. The van der Waals surface area contributed by atoms with Crippen LogP contribution >= 0.6 is 11.6 Å². The number of hydrogen-bond donors (Lipinski definition) is 2. The third kappa shape index (κ3) is 3.38. The van der Waals surface area contributed by atoms with Gasteiger partial charge in [0.25, 0.3) is 0 Å². The highest BCUT2D eigenvalue weighted by molar-refractivity contribution is 6.31. The predicted octanol–water partition coefficient (Wildman–Crippen LogP) is 1.71. The molecule has 1 aromatic carbocycles. The van der Waals surface area contributed by atoms with E-state index in [0.717, 1.165) is 5.56 Å². The predicted molar refractivity (Wildman–Crippen MR) is 61.9 cm³/mol. The Kier molecular flexibility index (Phi) is 4.34. The standard InChI is InChI=1S/C11H13ClN2O/c1-2-5-14-7-9-4-3-8(11(13)15)6-10(9)12/h2-4,6,14H,1,5,7H2,(H2,13,15).